The van der Waals surface area contributed by atoms with Crippen LogP contribution in [0.2, 0.25) is 0 Å². The second kappa shape index (κ2) is 7.12. The van der Waals surface area contributed by atoms with Gasteiger partial charge in [-0.05, 0) is 25.0 Å². The predicted molar refractivity (Wildman–Crippen MR) is 80.2 cm³/mol. The van der Waals surface area contributed by atoms with Gasteiger partial charge in [0.15, 0.2) is 0 Å². The Hall–Kier alpha value is -2.22. The van der Waals surface area contributed by atoms with Gasteiger partial charge >= 0.3 is 6.18 Å². The van der Waals surface area contributed by atoms with E-state index in [1.165, 1.54) is 6.07 Å². The van der Waals surface area contributed by atoms with Gasteiger partial charge in [-0.1, -0.05) is 0 Å². The van der Waals surface area contributed by atoms with Crippen LogP contribution in [0.1, 0.15) is 24.2 Å². The van der Waals surface area contributed by atoms with Crippen LogP contribution in [-0.2, 0) is 12.7 Å². The fourth-order valence-electron chi connectivity index (χ4n) is 2.59. The van der Waals surface area contributed by atoms with E-state index >= 15 is 0 Å². The summed E-state index contributed by atoms with van der Waals surface area (Å²) in [6, 6.07) is 4.04. The molecule has 0 aliphatic carbocycles. The Bertz CT molecular complexity index is 641. The number of halogens is 3. The zero-order chi connectivity index (χ0) is 17.0. The summed E-state index contributed by atoms with van der Waals surface area (Å²) in [5.41, 5.74) is -0.771. The van der Waals surface area contributed by atoms with Crippen LogP contribution >= 0.6 is 0 Å². The normalized spacial score (nSPS) is 17.0. The molecule has 0 atom stereocenters. The third-order valence-corrected chi connectivity index (χ3v) is 3.87. The lowest BCUT2D eigenvalue weighted by molar-refractivity contribution is -0.137. The first-order valence-corrected chi connectivity index (χ1v) is 7.69. The minimum atomic E-state index is -4.38. The van der Waals surface area contributed by atoms with Crippen molar-refractivity contribution in [3.8, 4) is 5.88 Å². The molecule has 0 amide bonds. The largest absolute Gasteiger partial charge is 0.474 e. The predicted octanol–water partition coefficient (Wildman–Crippen LogP) is 2.93. The van der Waals surface area contributed by atoms with E-state index in [-0.39, 0.29) is 12.0 Å². The number of pyridine rings is 1. The molecule has 0 unspecified atom stereocenters. The molecular formula is C16H17F3N4O. The van der Waals surface area contributed by atoms with Gasteiger partial charge in [-0.15, -0.1) is 0 Å². The van der Waals surface area contributed by atoms with E-state index in [1.54, 1.807) is 18.5 Å². The monoisotopic (exact) mass is 338 g/mol. The molecule has 1 aliphatic rings. The van der Waals surface area contributed by atoms with Crippen LogP contribution in [0.5, 0.6) is 5.88 Å². The summed E-state index contributed by atoms with van der Waals surface area (Å²) in [4.78, 5) is 14.4. The Balaban J connectivity index is 1.48. The first-order chi connectivity index (χ1) is 11.5. The second-order valence-corrected chi connectivity index (χ2v) is 5.64. The van der Waals surface area contributed by atoms with Gasteiger partial charge in [-0.3, -0.25) is 4.90 Å². The molecule has 24 heavy (non-hydrogen) atoms. The molecule has 2 aromatic heterocycles. The molecule has 1 fully saturated rings. The molecule has 8 heteroatoms. The molecule has 2 aromatic rings. The third kappa shape index (κ3) is 4.41. The van der Waals surface area contributed by atoms with Gasteiger partial charge in [0.2, 0.25) is 5.88 Å². The maximum atomic E-state index is 12.5. The lowest BCUT2D eigenvalue weighted by Gasteiger charge is -2.31. The van der Waals surface area contributed by atoms with Crippen molar-refractivity contribution >= 4 is 0 Å². The van der Waals surface area contributed by atoms with E-state index in [1.807, 2.05) is 0 Å². The average molecular weight is 338 g/mol. The van der Waals surface area contributed by atoms with Crippen LogP contribution in [0, 0.1) is 0 Å². The van der Waals surface area contributed by atoms with Gasteiger partial charge in [0.25, 0.3) is 0 Å². The minimum absolute atomic E-state index is 0.0396. The molecule has 128 valence electrons. The van der Waals surface area contributed by atoms with Crippen LogP contribution in [0.15, 0.2) is 36.8 Å². The Kier molecular flexibility index (Phi) is 4.94. The molecule has 3 rings (SSSR count). The smallest absolute Gasteiger partial charge is 0.417 e. The van der Waals surface area contributed by atoms with Crippen LogP contribution in [0.4, 0.5) is 13.2 Å². The third-order valence-electron chi connectivity index (χ3n) is 3.87. The van der Waals surface area contributed by atoms with Crippen LogP contribution in [0.3, 0.4) is 0 Å². The molecule has 3 heterocycles. The van der Waals surface area contributed by atoms with E-state index in [9.17, 15) is 13.2 Å². The Morgan fingerprint density at radius 3 is 2.38 bits per heavy atom. The van der Waals surface area contributed by atoms with Crippen molar-refractivity contribution < 1.29 is 17.9 Å². The SMILES string of the molecule is FC(F)(F)c1ccc(OC2CCN(Cc3ncccn3)CC2)nc1. The molecule has 5 nitrogen and oxygen atoms in total. The number of hydrogen-bond donors (Lipinski definition) is 0. The summed E-state index contributed by atoms with van der Waals surface area (Å²) in [5, 5.41) is 0. The summed E-state index contributed by atoms with van der Waals surface area (Å²) in [6.45, 7) is 2.33. The molecule has 1 aliphatic heterocycles. The highest BCUT2D eigenvalue weighted by molar-refractivity contribution is 5.20. The van der Waals surface area contributed by atoms with Gasteiger partial charge in [0, 0.05) is 37.7 Å². The highest BCUT2D eigenvalue weighted by atomic mass is 19.4. The van der Waals surface area contributed by atoms with Crippen molar-refractivity contribution in [2.45, 2.75) is 31.7 Å². The molecule has 0 aromatic carbocycles. The highest BCUT2D eigenvalue weighted by Gasteiger charge is 2.31. The van der Waals surface area contributed by atoms with Crippen molar-refractivity contribution in [2.24, 2.45) is 0 Å². The van der Waals surface area contributed by atoms with Crippen LogP contribution < -0.4 is 4.74 Å². The zero-order valence-corrected chi connectivity index (χ0v) is 12.9. The molecule has 0 N–H and O–H groups in total. The summed E-state index contributed by atoms with van der Waals surface area (Å²) in [7, 11) is 0. The molecule has 0 saturated carbocycles. The van der Waals surface area contributed by atoms with Gasteiger partial charge < -0.3 is 4.74 Å². The summed E-state index contributed by atoms with van der Waals surface area (Å²) in [6.07, 6.45) is 1.39. The number of aromatic nitrogens is 3. The van der Waals surface area contributed by atoms with Gasteiger partial charge in [0.1, 0.15) is 11.9 Å². The second-order valence-electron chi connectivity index (χ2n) is 5.64. The van der Waals surface area contributed by atoms with Crippen molar-refractivity contribution in [3.63, 3.8) is 0 Å². The van der Waals surface area contributed by atoms with Crippen molar-refractivity contribution in [3.05, 3.63) is 48.2 Å². The Labute approximate surface area is 137 Å². The molecule has 0 spiro atoms. The zero-order valence-electron chi connectivity index (χ0n) is 12.9. The fourth-order valence-corrected chi connectivity index (χ4v) is 2.59. The van der Waals surface area contributed by atoms with E-state index in [0.29, 0.717) is 6.54 Å². The maximum Gasteiger partial charge on any atom is 0.417 e. The lowest BCUT2D eigenvalue weighted by Crippen LogP contribution is -2.38. The first kappa shape index (κ1) is 16.6. The van der Waals surface area contributed by atoms with Gasteiger partial charge in [-0.25, -0.2) is 15.0 Å². The quantitative estimate of drug-likeness (QED) is 0.858. The first-order valence-electron chi connectivity index (χ1n) is 7.69. The fraction of sp³-hybridized carbons (Fsp3) is 0.438. The number of rotatable bonds is 4. The van der Waals surface area contributed by atoms with Crippen molar-refractivity contribution in [1.29, 1.82) is 0 Å². The Morgan fingerprint density at radius 2 is 1.79 bits per heavy atom. The standard InChI is InChI=1S/C16H17F3N4O/c17-16(18,19)12-2-3-15(22-10-12)24-13-4-8-23(9-5-13)11-14-20-6-1-7-21-14/h1-3,6-7,10,13H,4-5,8-9,11H2. The topological polar surface area (TPSA) is 51.1 Å². The average Bonchev–Trinajstić information content (AvgIpc) is 2.57. The van der Waals surface area contributed by atoms with Crippen molar-refractivity contribution in [2.75, 3.05) is 13.1 Å². The van der Waals surface area contributed by atoms with Crippen LogP contribution in [0.25, 0.3) is 0 Å². The summed E-state index contributed by atoms with van der Waals surface area (Å²) < 4.78 is 43.2. The lowest BCUT2D eigenvalue weighted by atomic mass is 10.1. The molecule has 1 saturated heterocycles. The van der Waals surface area contributed by atoms with E-state index < -0.39 is 11.7 Å². The molecule has 0 bridgehead atoms. The molecular weight excluding hydrogens is 321 g/mol. The molecule has 0 radical (unpaired) electrons. The number of alkyl halides is 3. The number of piperidine rings is 1. The number of hydrogen-bond acceptors (Lipinski definition) is 5. The Morgan fingerprint density at radius 1 is 1.08 bits per heavy atom. The van der Waals surface area contributed by atoms with Crippen molar-refractivity contribution in [1.82, 2.24) is 19.9 Å². The van der Waals surface area contributed by atoms with E-state index in [2.05, 4.69) is 19.9 Å². The highest BCUT2D eigenvalue weighted by Crippen LogP contribution is 2.29. The summed E-state index contributed by atoms with van der Waals surface area (Å²) in [5.74, 6) is 1.01. The summed E-state index contributed by atoms with van der Waals surface area (Å²) >= 11 is 0. The number of likely N-dealkylation sites (tertiary alicyclic amines) is 1. The van der Waals surface area contributed by atoms with Gasteiger partial charge in [0.05, 0.1) is 12.1 Å². The number of nitrogens with zero attached hydrogens (tertiary/aromatic N) is 4. The van der Waals surface area contributed by atoms with E-state index in [0.717, 1.165) is 44.0 Å². The number of ether oxygens (including phenoxy) is 1. The minimum Gasteiger partial charge on any atom is -0.474 e. The van der Waals surface area contributed by atoms with E-state index in [4.69, 9.17) is 4.74 Å². The van der Waals surface area contributed by atoms with Gasteiger partial charge in [-0.2, -0.15) is 13.2 Å². The maximum absolute atomic E-state index is 12.5. The van der Waals surface area contributed by atoms with Crippen LogP contribution in [-0.4, -0.2) is 39.0 Å².